The van der Waals surface area contributed by atoms with E-state index < -0.39 is 0 Å². The summed E-state index contributed by atoms with van der Waals surface area (Å²) in [6, 6.07) is 0.387. The number of carbonyl (C=O) groups excluding carboxylic acids is 1. The standard InChI is InChI=1S/C15H24N4O/c1-2-3-4-5-6-7-15(20)14-12-19(18-17-14)13-8-10-16-11-9-13/h2,12-13,16H,1,3-11H2. The van der Waals surface area contributed by atoms with E-state index in [4.69, 9.17) is 0 Å². The lowest BCUT2D eigenvalue weighted by Crippen LogP contribution is -2.29. The number of hydrogen-bond acceptors (Lipinski definition) is 4. The SMILES string of the molecule is C=CCCCCCC(=O)c1cn(C2CCNCC2)nn1. The number of carbonyl (C=O) groups is 1. The second-order valence-corrected chi connectivity index (χ2v) is 5.38. The molecule has 1 aromatic rings. The first-order chi connectivity index (χ1) is 9.81. The zero-order valence-electron chi connectivity index (χ0n) is 12.1. The highest BCUT2D eigenvalue weighted by atomic mass is 16.1. The van der Waals surface area contributed by atoms with Crippen LogP contribution in [0.1, 0.15) is 61.5 Å². The van der Waals surface area contributed by atoms with E-state index in [0.29, 0.717) is 18.2 Å². The van der Waals surface area contributed by atoms with Crippen molar-refractivity contribution in [1.82, 2.24) is 20.3 Å². The Balaban J connectivity index is 1.78. The van der Waals surface area contributed by atoms with Crippen LogP contribution < -0.4 is 5.32 Å². The van der Waals surface area contributed by atoms with Crippen LogP contribution in [0.5, 0.6) is 0 Å². The molecule has 5 heteroatoms. The van der Waals surface area contributed by atoms with Crippen LogP contribution in [0.2, 0.25) is 0 Å². The molecule has 1 saturated heterocycles. The van der Waals surface area contributed by atoms with Gasteiger partial charge in [-0.1, -0.05) is 17.7 Å². The molecule has 1 aromatic heterocycles. The van der Waals surface area contributed by atoms with Gasteiger partial charge in [-0.15, -0.1) is 11.7 Å². The Morgan fingerprint density at radius 3 is 2.95 bits per heavy atom. The maximum atomic E-state index is 12.0. The molecule has 1 aliphatic rings. The number of nitrogens with zero attached hydrogens (tertiary/aromatic N) is 3. The third kappa shape index (κ3) is 4.27. The number of hydrogen-bond donors (Lipinski definition) is 1. The highest BCUT2D eigenvalue weighted by molar-refractivity contribution is 5.93. The van der Waals surface area contributed by atoms with Gasteiger partial charge in [-0.2, -0.15) is 0 Å². The van der Waals surface area contributed by atoms with Crippen molar-refractivity contribution in [3.63, 3.8) is 0 Å². The number of nitrogens with one attached hydrogen (secondary N) is 1. The van der Waals surface area contributed by atoms with E-state index in [1.165, 1.54) is 0 Å². The van der Waals surface area contributed by atoms with Crippen LogP contribution in [-0.4, -0.2) is 33.9 Å². The summed E-state index contributed by atoms with van der Waals surface area (Å²) in [7, 11) is 0. The smallest absolute Gasteiger partial charge is 0.184 e. The third-order valence-electron chi connectivity index (χ3n) is 3.79. The fourth-order valence-corrected chi connectivity index (χ4v) is 2.53. The van der Waals surface area contributed by atoms with Crippen LogP contribution in [0.4, 0.5) is 0 Å². The Morgan fingerprint density at radius 2 is 2.20 bits per heavy atom. The van der Waals surface area contributed by atoms with Crippen molar-refractivity contribution < 1.29 is 4.79 Å². The minimum absolute atomic E-state index is 0.115. The van der Waals surface area contributed by atoms with Crippen molar-refractivity contribution in [2.24, 2.45) is 0 Å². The molecule has 0 aromatic carbocycles. The van der Waals surface area contributed by atoms with E-state index in [1.807, 2.05) is 17.0 Å². The van der Waals surface area contributed by atoms with Gasteiger partial charge in [0.25, 0.3) is 0 Å². The summed E-state index contributed by atoms with van der Waals surface area (Å²) in [5.74, 6) is 0.115. The molecule has 0 saturated carbocycles. The molecule has 1 aliphatic heterocycles. The lowest BCUT2D eigenvalue weighted by atomic mass is 10.1. The molecule has 20 heavy (non-hydrogen) atoms. The highest BCUT2D eigenvalue weighted by Crippen LogP contribution is 2.17. The molecule has 0 aliphatic carbocycles. The van der Waals surface area contributed by atoms with Crippen molar-refractivity contribution in [2.75, 3.05) is 13.1 Å². The molecule has 0 amide bonds. The molecule has 110 valence electrons. The Kier molecular flexibility index (Phi) is 5.92. The summed E-state index contributed by atoms with van der Waals surface area (Å²) < 4.78 is 1.87. The van der Waals surface area contributed by atoms with Crippen molar-refractivity contribution in [2.45, 2.75) is 51.0 Å². The second-order valence-electron chi connectivity index (χ2n) is 5.38. The van der Waals surface area contributed by atoms with Crippen LogP contribution in [0.3, 0.4) is 0 Å². The van der Waals surface area contributed by atoms with E-state index >= 15 is 0 Å². The predicted octanol–water partition coefficient (Wildman–Crippen LogP) is 2.52. The van der Waals surface area contributed by atoms with Gasteiger partial charge in [0.2, 0.25) is 0 Å². The largest absolute Gasteiger partial charge is 0.317 e. The van der Waals surface area contributed by atoms with Crippen LogP contribution >= 0.6 is 0 Å². The fourth-order valence-electron chi connectivity index (χ4n) is 2.53. The van der Waals surface area contributed by atoms with E-state index in [1.54, 1.807) is 0 Å². The molecule has 0 bridgehead atoms. The first-order valence-corrected chi connectivity index (χ1v) is 7.58. The lowest BCUT2D eigenvalue weighted by molar-refractivity contribution is 0.0974. The maximum absolute atomic E-state index is 12.0. The first kappa shape index (κ1) is 14.9. The zero-order valence-corrected chi connectivity index (χ0v) is 12.1. The minimum Gasteiger partial charge on any atom is -0.317 e. The van der Waals surface area contributed by atoms with Gasteiger partial charge in [0.15, 0.2) is 5.78 Å². The van der Waals surface area contributed by atoms with E-state index in [0.717, 1.165) is 51.6 Å². The fraction of sp³-hybridized carbons (Fsp3) is 0.667. The van der Waals surface area contributed by atoms with Crippen LogP contribution in [-0.2, 0) is 0 Å². The normalized spacial score (nSPS) is 16.2. The molecule has 0 spiro atoms. The topological polar surface area (TPSA) is 59.8 Å². The number of piperidine rings is 1. The number of Topliss-reactive ketones (excluding diaryl/α,β-unsaturated/α-hetero) is 1. The number of aromatic nitrogens is 3. The number of rotatable bonds is 8. The summed E-state index contributed by atoms with van der Waals surface area (Å²) in [4.78, 5) is 12.0. The van der Waals surface area contributed by atoms with Crippen LogP contribution in [0, 0.1) is 0 Å². The second kappa shape index (κ2) is 7.94. The Morgan fingerprint density at radius 1 is 1.40 bits per heavy atom. The van der Waals surface area contributed by atoms with Gasteiger partial charge >= 0.3 is 0 Å². The summed E-state index contributed by atoms with van der Waals surface area (Å²) in [6.45, 7) is 5.72. The molecule has 2 heterocycles. The lowest BCUT2D eigenvalue weighted by Gasteiger charge is -2.22. The monoisotopic (exact) mass is 276 g/mol. The highest BCUT2D eigenvalue weighted by Gasteiger charge is 2.18. The van der Waals surface area contributed by atoms with Crippen molar-refractivity contribution in [1.29, 1.82) is 0 Å². The van der Waals surface area contributed by atoms with E-state index in [-0.39, 0.29) is 5.78 Å². The maximum Gasteiger partial charge on any atom is 0.184 e. The quantitative estimate of drug-likeness (QED) is 0.450. The number of ketones is 1. The Bertz CT molecular complexity index is 435. The summed E-state index contributed by atoms with van der Waals surface area (Å²) >= 11 is 0. The summed E-state index contributed by atoms with van der Waals surface area (Å²) in [5, 5.41) is 11.5. The average Bonchev–Trinajstić information content (AvgIpc) is 2.98. The predicted molar refractivity (Wildman–Crippen MR) is 78.8 cm³/mol. The summed E-state index contributed by atoms with van der Waals surface area (Å²) in [5.41, 5.74) is 0.521. The van der Waals surface area contributed by atoms with Gasteiger partial charge in [-0.05, 0) is 45.2 Å². The molecule has 2 rings (SSSR count). The minimum atomic E-state index is 0.115. The first-order valence-electron chi connectivity index (χ1n) is 7.58. The average molecular weight is 276 g/mol. The zero-order chi connectivity index (χ0) is 14.2. The number of allylic oxidation sites excluding steroid dienone is 1. The molecular weight excluding hydrogens is 252 g/mol. The molecule has 0 atom stereocenters. The van der Waals surface area contributed by atoms with Crippen molar-refractivity contribution in [3.8, 4) is 0 Å². The third-order valence-corrected chi connectivity index (χ3v) is 3.79. The van der Waals surface area contributed by atoms with E-state index in [2.05, 4.69) is 22.2 Å². The van der Waals surface area contributed by atoms with Gasteiger partial charge in [0.05, 0.1) is 12.2 Å². The Labute approximate surface area is 120 Å². The van der Waals surface area contributed by atoms with Crippen molar-refractivity contribution in [3.05, 3.63) is 24.5 Å². The summed E-state index contributed by atoms with van der Waals surface area (Å²) in [6.07, 6.45) is 10.6. The van der Waals surface area contributed by atoms with Gasteiger partial charge < -0.3 is 5.32 Å². The van der Waals surface area contributed by atoms with Crippen LogP contribution in [0.25, 0.3) is 0 Å². The van der Waals surface area contributed by atoms with Gasteiger partial charge in [-0.25, -0.2) is 4.68 Å². The van der Waals surface area contributed by atoms with Gasteiger partial charge in [0, 0.05) is 6.42 Å². The van der Waals surface area contributed by atoms with Gasteiger partial charge in [0.1, 0.15) is 5.69 Å². The molecule has 0 unspecified atom stereocenters. The van der Waals surface area contributed by atoms with E-state index in [9.17, 15) is 4.79 Å². The van der Waals surface area contributed by atoms with Crippen molar-refractivity contribution >= 4 is 5.78 Å². The molecule has 5 nitrogen and oxygen atoms in total. The molecular formula is C15H24N4O. The van der Waals surface area contributed by atoms with Gasteiger partial charge in [-0.3, -0.25) is 4.79 Å². The molecule has 1 N–H and O–H groups in total. The molecule has 0 radical (unpaired) electrons. The Hall–Kier alpha value is -1.49. The number of unbranched alkanes of at least 4 members (excludes halogenated alkanes) is 3. The molecule has 1 fully saturated rings. The van der Waals surface area contributed by atoms with Crippen LogP contribution in [0.15, 0.2) is 18.9 Å².